The summed E-state index contributed by atoms with van der Waals surface area (Å²) < 4.78 is 10.0. The fourth-order valence-corrected chi connectivity index (χ4v) is 0.569. The van der Waals surface area contributed by atoms with E-state index in [1.165, 1.54) is 0 Å². The van der Waals surface area contributed by atoms with Gasteiger partial charge in [-0.25, -0.2) is 0 Å². The molecule has 7 heavy (non-hydrogen) atoms. The Hall–Kier alpha value is 0.0499. The monoisotopic (exact) mass is 97.1 g/mol. The second-order valence-corrected chi connectivity index (χ2v) is 1.44. The summed E-state index contributed by atoms with van der Waals surface area (Å²) in [7, 11) is 1.87. The van der Waals surface area contributed by atoms with E-state index in [1.807, 2.05) is 14.0 Å². The number of hydrogen-bond acceptors (Lipinski definition) is 2. The van der Waals surface area contributed by atoms with Gasteiger partial charge >= 0.3 is 7.01 Å². The summed E-state index contributed by atoms with van der Waals surface area (Å²) >= 11 is 0. The van der Waals surface area contributed by atoms with Gasteiger partial charge in [0.05, 0.1) is 13.2 Å². The Morgan fingerprint density at radius 2 is 2.00 bits per heavy atom. The lowest BCUT2D eigenvalue weighted by atomic mass is 9.46. The van der Waals surface area contributed by atoms with Crippen LogP contribution in [0.4, 0.5) is 0 Å². The van der Waals surface area contributed by atoms with Gasteiger partial charge in [0.25, 0.3) is 0 Å². The van der Waals surface area contributed by atoms with Gasteiger partial charge < -0.3 is 9.31 Å². The summed E-state index contributed by atoms with van der Waals surface area (Å²) in [5.74, 6) is 0. The van der Waals surface area contributed by atoms with E-state index in [2.05, 4.69) is 0 Å². The molecule has 0 spiro atoms. The molecule has 1 aliphatic rings. The third-order valence-electron chi connectivity index (χ3n) is 0.920. The normalized spacial score (nSPS) is 20.4. The van der Waals surface area contributed by atoms with E-state index in [9.17, 15) is 0 Å². The lowest BCUT2D eigenvalue weighted by molar-refractivity contribution is 0.365. The smallest absolute Gasteiger partial charge is 0.397 e. The molecule has 1 saturated heterocycles. The molecule has 0 N–H and O–H groups in total. The SMILES string of the molecule is C[B]B1OCCO1. The van der Waals surface area contributed by atoms with Gasteiger partial charge in [0, 0.05) is 0 Å². The lowest BCUT2D eigenvalue weighted by Gasteiger charge is -1.94. The largest absolute Gasteiger partial charge is 0.416 e. The van der Waals surface area contributed by atoms with Crippen LogP contribution in [0.3, 0.4) is 0 Å². The van der Waals surface area contributed by atoms with E-state index in [0.717, 1.165) is 13.2 Å². The van der Waals surface area contributed by atoms with Crippen LogP contribution in [-0.2, 0) is 9.31 Å². The highest BCUT2D eigenvalue weighted by Gasteiger charge is 2.19. The molecule has 0 amide bonds. The van der Waals surface area contributed by atoms with Gasteiger partial charge in [0.2, 0.25) is 0 Å². The van der Waals surface area contributed by atoms with Crippen molar-refractivity contribution in [3.8, 4) is 0 Å². The van der Waals surface area contributed by atoms with Crippen LogP contribution < -0.4 is 0 Å². The van der Waals surface area contributed by atoms with Gasteiger partial charge in [-0.05, 0) is 0 Å². The lowest BCUT2D eigenvalue weighted by Crippen LogP contribution is -2.20. The summed E-state index contributed by atoms with van der Waals surface area (Å²) in [5, 5.41) is 0. The van der Waals surface area contributed by atoms with Crippen molar-refractivity contribution in [3.63, 3.8) is 0 Å². The summed E-state index contributed by atoms with van der Waals surface area (Å²) in [6, 6.07) is 0. The van der Waals surface area contributed by atoms with Crippen LogP contribution >= 0.6 is 0 Å². The van der Waals surface area contributed by atoms with E-state index in [1.54, 1.807) is 0 Å². The zero-order valence-corrected chi connectivity index (χ0v) is 4.39. The Kier molecular flexibility index (Phi) is 1.77. The minimum Gasteiger partial charge on any atom is -0.416 e. The van der Waals surface area contributed by atoms with Gasteiger partial charge in [-0.2, -0.15) is 0 Å². The van der Waals surface area contributed by atoms with Crippen molar-refractivity contribution < 1.29 is 9.31 Å². The highest BCUT2D eigenvalue weighted by atomic mass is 16.6. The van der Waals surface area contributed by atoms with E-state index in [0.29, 0.717) is 0 Å². The third-order valence-corrected chi connectivity index (χ3v) is 0.920. The van der Waals surface area contributed by atoms with Crippen molar-refractivity contribution in [3.05, 3.63) is 0 Å². The Labute approximate surface area is 44.6 Å². The maximum atomic E-state index is 5.02. The second-order valence-electron chi connectivity index (χ2n) is 1.44. The molecule has 0 aromatic rings. The zero-order chi connectivity index (χ0) is 5.11. The fourth-order valence-electron chi connectivity index (χ4n) is 0.569. The average Bonchev–Trinajstić information content (AvgIpc) is 2.14. The van der Waals surface area contributed by atoms with Crippen LogP contribution in [0.15, 0.2) is 0 Å². The molecule has 0 aromatic carbocycles. The minimum atomic E-state index is -0.0278. The van der Waals surface area contributed by atoms with Gasteiger partial charge in [0.1, 0.15) is 0 Å². The van der Waals surface area contributed by atoms with E-state index < -0.39 is 0 Å². The predicted octanol–water partition coefficient (Wildman–Crippen LogP) is -0.230. The van der Waals surface area contributed by atoms with Gasteiger partial charge in [-0.1, -0.05) is 6.82 Å². The average molecular weight is 96.7 g/mol. The predicted molar refractivity (Wildman–Crippen MR) is 29.3 cm³/mol. The topological polar surface area (TPSA) is 18.5 Å². The van der Waals surface area contributed by atoms with Gasteiger partial charge in [-0.15, -0.1) is 0 Å². The van der Waals surface area contributed by atoms with Gasteiger partial charge in [0.15, 0.2) is 7.17 Å². The number of hydrogen-bond donors (Lipinski definition) is 0. The molecule has 1 heterocycles. The first-order valence-electron chi connectivity index (χ1n) is 2.46. The fraction of sp³-hybridized carbons (Fsp3) is 1.00. The number of rotatable bonds is 1. The molecule has 0 saturated carbocycles. The van der Waals surface area contributed by atoms with Crippen molar-refractivity contribution in [1.82, 2.24) is 0 Å². The zero-order valence-electron chi connectivity index (χ0n) is 4.39. The van der Waals surface area contributed by atoms with E-state index >= 15 is 0 Å². The van der Waals surface area contributed by atoms with E-state index in [-0.39, 0.29) is 7.01 Å². The van der Waals surface area contributed by atoms with Crippen molar-refractivity contribution in [2.75, 3.05) is 13.2 Å². The molecule has 37 valence electrons. The molecule has 0 aromatic heterocycles. The van der Waals surface area contributed by atoms with Crippen molar-refractivity contribution in [2.45, 2.75) is 6.82 Å². The van der Waals surface area contributed by atoms with Crippen LogP contribution in [0.25, 0.3) is 0 Å². The molecule has 2 nitrogen and oxygen atoms in total. The van der Waals surface area contributed by atoms with Crippen LogP contribution in [0, 0.1) is 0 Å². The second kappa shape index (κ2) is 2.38. The Morgan fingerprint density at radius 1 is 1.43 bits per heavy atom. The van der Waals surface area contributed by atoms with Crippen LogP contribution in [0.5, 0.6) is 0 Å². The summed E-state index contributed by atoms with van der Waals surface area (Å²) in [4.78, 5) is 0. The summed E-state index contributed by atoms with van der Waals surface area (Å²) in [5.41, 5.74) is 0. The maximum absolute atomic E-state index is 5.02. The first-order valence-corrected chi connectivity index (χ1v) is 2.46. The van der Waals surface area contributed by atoms with Gasteiger partial charge in [-0.3, -0.25) is 0 Å². The summed E-state index contributed by atoms with van der Waals surface area (Å²) in [6.45, 7) is 3.42. The molecule has 0 unspecified atom stereocenters. The molecular weight excluding hydrogens is 89.7 g/mol. The molecule has 0 aliphatic carbocycles. The first kappa shape index (κ1) is 5.19. The van der Waals surface area contributed by atoms with Crippen LogP contribution in [0.1, 0.15) is 0 Å². The molecule has 1 radical (unpaired) electrons. The minimum absolute atomic E-state index is 0.0278. The van der Waals surface area contributed by atoms with Crippen molar-refractivity contribution in [1.29, 1.82) is 0 Å². The van der Waals surface area contributed by atoms with Crippen molar-refractivity contribution >= 4 is 14.2 Å². The third kappa shape index (κ3) is 1.21. The first-order chi connectivity index (χ1) is 3.43. The quantitative estimate of drug-likeness (QED) is 0.420. The Balaban J connectivity index is 2.14. The summed E-state index contributed by atoms with van der Waals surface area (Å²) in [6.07, 6.45) is 0. The molecule has 4 heteroatoms. The highest BCUT2D eigenvalue weighted by Crippen LogP contribution is 1.95. The molecule has 0 bridgehead atoms. The molecule has 1 fully saturated rings. The van der Waals surface area contributed by atoms with Crippen molar-refractivity contribution in [2.24, 2.45) is 0 Å². The Bertz CT molecular complexity index is 52.9. The molecule has 1 rings (SSSR count). The molecule has 0 atom stereocenters. The Morgan fingerprint density at radius 3 is 2.29 bits per heavy atom. The van der Waals surface area contributed by atoms with Crippen LogP contribution in [-0.4, -0.2) is 27.4 Å². The maximum Gasteiger partial charge on any atom is 0.397 e. The highest BCUT2D eigenvalue weighted by molar-refractivity contribution is 7.05. The van der Waals surface area contributed by atoms with E-state index in [4.69, 9.17) is 9.31 Å². The molecular formula is C3H7B2O2. The standard InChI is InChI=1S/C3H7B2O2/c1-4-5-6-2-3-7-5/h2-3H2,1H3. The van der Waals surface area contributed by atoms with Crippen LogP contribution in [0.2, 0.25) is 6.82 Å². The molecule has 1 aliphatic heterocycles.